The molecule has 0 aromatic carbocycles. The number of aromatic nitrogens is 5. The van der Waals surface area contributed by atoms with Crippen LogP contribution >= 0.6 is 0 Å². The van der Waals surface area contributed by atoms with Gasteiger partial charge in [-0.3, -0.25) is 9.48 Å². The Kier molecular flexibility index (Phi) is 4.46. The Morgan fingerprint density at radius 1 is 1.30 bits per heavy atom. The van der Waals surface area contributed by atoms with Crippen molar-refractivity contribution in [2.24, 2.45) is 0 Å². The minimum absolute atomic E-state index is 0.00407. The molecule has 0 aliphatic carbocycles. The molecule has 7 heteroatoms. The van der Waals surface area contributed by atoms with Crippen LogP contribution in [-0.2, 0) is 17.9 Å². The quantitative estimate of drug-likeness (QED) is 0.748. The van der Waals surface area contributed by atoms with Crippen molar-refractivity contribution >= 4 is 5.91 Å². The second-order valence-corrected chi connectivity index (χ2v) is 5.28. The Hall–Kier alpha value is -2.96. The fourth-order valence-electron chi connectivity index (χ4n) is 2.19. The third kappa shape index (κ3) is 4.03. The smallest absolute Gasteiger partial charge is 0.222 e. The third-order valence-corrected chi connectivity index (χ3v) is 3.37. The van der Waals surface area contributed by atoms with E-state index >= 15 is 0 Å². The number of nitrogens with zero attached hydrogens (tertiary/aromatic N) is 5. The van der Waals surface area contributed by atoms with E-state index in [1.807, 2.05) is 37.5 Å². The van der Waals surface area contributed by atoms with Gasteiger partial charge in [0.05, 0.1) is 6.20 Å². The highest BCUT2D eigenvalue weighted by Gasteiger charge is 2.04. The highest BCUT2D eigenvalue weighted by Crippen LogP contribution is 2.06. The van der Waals surface area contributed by atoms with Crippen molar-refractivity contribution in [1.29, 1.82) is 0 Å². The Morgan fingerprint density at radius 3 is 2.96 bits per heavy atom. The molecule has 0 radical (unpaired) electrons. The molecule has 3 aromatic heterocycles. The minimum atomic E-state index is -0.00407. The molecule has 0 unspecified atom stereocenters. The second kappa shape index (κ2) is 6.87. The van der Waals surface area contributed by atoms with Gasteiger partial charge in [-0.2, -0.15) is 10.2 Å². The first kappa shape index (κ1) is 15.0. The predicted molar refractivity (Wildman–Crippen MR) is 84.8 cm³/mol. The summed E-state index contributed by atoms with van der Waals surface area (Å²) in [5, 5.41) is 11.2. The van der Waals surface area contributed by atoms with Gasteiger partial charge in [-0.25, -0.2) is 9.67 Å². The summed E-state index contributed by atoms with van der Waals surface area (Å²) in [4.78, 5) is 16.2. The van der Waals surface area contributed by atoms with Gasteiger partial charge in [0, 0.05) is 44.3 Å². The molecule has 0 aliphatic heterocycles. The molecular weight excluding hydrogens is 292 g/mol. The van der Waals surface area contributed by atoms with Gasteiger partial charge in [-0.15, -0.1) is 0 Å². The number of rotatable bonds is 6. The van der Waals surface area contributed by atoms with Crippen LogP contribution in [0.15, 0.2) is 49.2 Å². The zero-order valence-electron chi connectivity index (χ0n) is 12.9. The van der Waals surface area contributed by atoms with Gasteiger partial charge in [0.2, 0.25) is 5.91 Å². The zero-order chi connectivity index (χ0) is 16.1. The standard InChI is InChI=1S/C16H18N6O/c1-13-10-20-21(12-13)8-4-16(23)18-11-14-3-6-17-15(9-14)22-7-2-5-19-22/h2-3,5-7,9-10,12H,4,8,11H2,1H3,(H,18,23). The number of pyridine rings is 1. The summed E-state index contributed by atoms with van der Waals surface area (Å²) in [7, 11) is 0. The maximum Gasteiger partial charge on any atom is 0.222 e. The summed E-state index contributed by atoms with van der Waals surface area (Å²) < 4.78 is 3.46. The van der Waals surface area contributed by atoms with E-state index < -0.39 is 0 Å². The molecule has 1 amide bonds. The monoisotopic (exact) mass is 310 g/mol. The summed E-state index contributed by atoms with van der Waals surface area (Å²) in [5.41, 5.74) is 2.07. The van der Waals surface area contributed by atoms with E-state index in [1.165, 1.54) is 0 Å². The molecule has 1 N–H and O–H groups in total. The second-order valence-electron chi connectivity index (χ2n) is 5.28. The van der Waals surface area contributed by atoms with Crippen LogP contribution in [0.25, 0.3) is 5.82 Å². The molecule has 0 fully saturated rings. The molecule has 0 bridgehead atoms. The van der Waals surface area contributed by atoms with E-state index in [9.17, 15) is 4.79 Å². The molecule has 0 saturated heterocycles. The summed E-state index contributed by atoms with van der Waals surface area (Å²) in [6, 6.07) is 5.63. The van der Waals surface area contributed by atoms with Crippen molar-refractivity contribution in [1.82, 2.24) is 29.9 Å². The van der Waals surface area contributed by atoms with Crippen LogP contribution in [-0.4, -0.2) is 30.5 Å². The molecular formula is C16H18N6O. The summed E-state index contributed by atoms with van der Waals surface area (Å²) in [6.07, 6.45) is 9.35. The van der Waals surface area contributed by atoms with Gasteiger partial charge in [-0.1, -0.05) is 0 Å². The molecule has 3 heterocycles. The van der Waals surface area contributed by atoms with Crippen molar-refractivity contribution in [3.63, 3.8) is 0 Å². The van der Waals surface area contributed by atoms with E-state index in [1.54, 1.807) is 28.0 Å². The molecule has 3 rings (SSSR count). The average molecular weight is 310 g/mol. The lowest BCUT2D eigenvalue weighted by molar-refractivity contribution is -0.121. The van der Waals surface area contributed by atoms with Gasteiger partial charge in [0.15, 0.2) is 5.82 Å². The van der Waals surface area contributed by atoms with Gasteiger partial charge in [0.1, 0.15) is 0 Å². The first-order valence-electron chi connectivity index (χ1n) is 7.41. The fraction of sp³-hybridized carbons (Fsp3) is 0.250. The van der Waals surface area contributed by atoms with Crippen molar-refractivity contribution in [2.75, 3.05) is 0 Å². The number of carbonyl (C=O) groups is 1. The molecule has 0 spiro atoms. The lowest BCUT2D eigenvalue weighted by Crippen LogP contribution is -2.24. The number of nitrogens with one attached hydrogen (secondary N) is 1. The molecule has 3 aromatic rings. The molecule has 118 valence electrons. The Labute approximate surface area is 134 Å². The van der Waals surface area contributed by atoms with Crippen LogP contribution in [0.2, 0.25) is 0 Å². The van der Waals surface area contributed by atoms with Crippen molar-refractivity contribution in [2.45, 2.75) is 26.4 Å². The van der Waals surface area contributed by atoms with Crippen LogP contribution in [0.1, 0.15) is 17.5 Å². The van der Waals surface area contributed by atoms with E-state index in [4.69, 9.17) is 0 Å². The molecule has 7 nitrogen and oxygen atoms in total. The number of hydrogen-bond donors (Lipinski definition) is 1. The maximum atomic E-state index is 11.9. The number of amides is 1. The Bertz CT molecular complexity index is 777. The van der Waals surface area contributed by atoms with Gasteiger partial charge in [0.25, 0.3) is 0 Å². The third-order valence-electron chi connectivity index (χ3n) is 3.37. The lowest BCUT2D eigenvalue weighted by Gasteiger charge is -2.07. The highest BCUT2D eigenvalue weighted by atomic mass is 16.1. The van der Waals surface area contributed by atoms with Crippen LogP contribution in [0.3, 0.4) is 0 Å². The van der Waals surface area contributed by atoms with Crippen LogP contribution in [0, 0.1) is 6.92 Å². The predicted octanol–water partition coefficient (Wildman–Crippen LogP) is 1.48. The topological polar surface area (TPSA) is 77.6 Å². The Balaban J connectivity index is 1.52. The summed E-state index contributed by atoms with van der Waals surface area (Å²) >= 11 is 0. The first-order valence-corrected chi connectivity index (χ1v) is 7.41. The molecule has 0 aliphatic rings. The van der Waals surface area contributed by atoms with Crippen LogP contribution < -0.4 is 5.32 Å². The highest BCUT2D eigenvalue weighted by molar-refractivity contribution is 5.75. The van der Waals surface area contributed by atoms with E-state index in [0.717, 1.165) is 16.9 Å². The number of carbonyl (C=O) groups excluding carboxylic acids is 1. The van der Waals surface area contributed by atoms with Crippen molar-refractivity contribution in [3.8, 4) is 5.82 Å². The fourth-order valence-corrected chi connectivity index (χ4v) is 2.19. The normalized spacial score (nSPS) is 10.7. The molecule has 0 saturated carbocycles. The lowest BCUT2D eigenvalue weighted by atomic mass is 10.2. The van der Waals surface area contributed by atoms with Gasteiger partial charge in [-0.05, 0) is 36.2 Å². The van der Waals surface area contributed by atoms with Crippen LogP contribution in [0.4, 0.5) is 0 Å². The average Bonchev–Trinajstić information content (AvgIpc) is 3.23. The zero-order valence-corrected chi connectivity index (χ0v) is 12.9. The van der Waals surface area contributed by atoms with Crippen LogP contribution in [0.5, 0.6) is 0 Å². The molecule has 0 atom stereocenters. The first-order chi connectivity index (χ1) is 11.2. The van der Waals surface area contributed by atoms with Crippen molar-refractivity contribution < 1.29 is 4.79 Å². The largest absolute Gasteiger partial charge is 0.352 e. The van der Waals surface area contributed by atoms with E-state index in [2.05, 4.69) is 20.5 Å². The number of aryl methyl sites for hydroxylation is 2. The minimum Gasteiger partial charge on any atom is -0.352 e. The Morgan fingerprint density at radius 2 is 2.22 bits per heavy atom. The summed E-state index contributed by atoms with van der Waals surface area (Å²) in [6.45, 7) is 3.02. The van der Waals surface area contributed by atoms with Crippen molar-refractivity contribution in [3.05, 3.63) is 60.3 Å². The number of hydrogen-bond acceptors (Lipinski definition) is 4. The van der Waals surface area contributed by atoms with E-state index in [0.29, 0.717) is 19.5 Å². The summed E-state index contributed by atoms with van der Waals surface area (Å²) in [5.74, 6) is 0.726. The van der Waals surface area contributed by atoms with E-state index in [-0.39, 0.29) is 5.91 Å². The van der Waals surface area contributed by atoms with Gasteiger partial charge >= 0.3 is 0 Å². The van der Waals surface area contributed by atoms with Gasteiger partial charge < -0.3 is 5.32 Å². The molecule has 23 heavy (non-hydrogen) atoms. The maximum absolute atomic E-state index is 11.9. The SMILES string of the molecule is Cc1cnn(CCC(=O)NCc2ccnc(-n3cccn3)c2)c1.